The van der Waals surface area contributed by atoms with Crippen molar-refractivity contribution in [2.75, 3.05) is 18.1 Å². The molecule has 1 aliphatic rings. The van der Waals surface area contributed by atoms with E-state index < -0.39 is 15.3 Å². The minimum atomic E-state index is -3.07. The molecule has 0 saturated carbocycles. The van der Waals surface area contributed by atoms with Gasteiger partial charge in [-0.2, -0.15) is 0 Å². The summed E-state index contributed by atoms with van der Waals surface area (Å²) in [6.07, 6.45) is 1.29. The highest BCUT2D eigenvalue weighted by atomic mass is 32.2. The lowest BCUT2D eigenvalue weighted by molar-refractivity contribution is 0.416. The Morgan fingerprint density at radius 1 is 1.41 bits per heavy atom. The zero-order valence-electron chi connectivity index (χ0n) is 9.52. The Bertz CT molecular complexity index is 515. The Hall–Kier alpha value is -0.940. The van der Waals surface area contributed by atoms with Gasteiger partial charge in [-0.1, -0.05) is 12.1 Å². The van der Waals surface area contributed by atoms with Crippen LogP contribution in [0.4, 0.5) is 4.39 Å². The molecule has 1 fully saturated rings. The van der Waals surface area contributed by atoms with Crippen molar-refractivity contribution in [1.82, 2.24) is 0 Å². The topological polar surface area (TPSA) is 60.2 Å². The van der Waals surface area contributed by atoms with E-state index in [0.717, 1.165) is 0 Å². The molecule has 0 aromatic heterocycles. The lowest BCUT2D eigenvalue weighted by atomic mass is 9.78. The van der Waals surface area contributed by atoms with Crippen LogP contribution in [0.5, 0.6) is 0 Å². The van der Waals surface area contributed by atoms with E-state index in [9.17, 15) is 12.8 Å². The summed E-state index contributed by atoms with van der Waals surface area (Å²) in [6, 6.07) is 6.11. The maximum absolute atomic E-state index is 13.2. The van der Waals surface area contributed by atoms with Gasteiger partial charge in [0.2, 0.25) is 0 Å². The van der Waals surface area contributed by atoms with Crippen molar-refractivity contribution < 1.29 is 12.8 Å². The zero-order chi connectivity index (χ0) is 12.5. The number of rotatable bonds is 2. The molecule has 3 nitrogen and oxygen atoms in total. The summed E-state index contributed by atoms with van der Waals surface area (Å²) in [5.41, 5.74) is 5.84. The van der Waals surface area contributed by atoms with Gasteiger partial charge >= 0.3 is 0 Å². The third-order valence-corrected chi connectivity index (χ3v) is 5.34. The van der Waals surface area contributed by atoms with Gasteiger partial charge in [0, 0.05) is 12.0 Å². The highest BCUT2D eigenvalue weighted by Gasteiger charge is 2.39. The molecular formula is C12H16FNO2S. The van der Waals surface area contributed by atoms with Crippen LogP contribution in [0.1, 0.15) is 18.4 Å². The van der Waals surface area contributed by atoms with E-state index in [2.05, 4.69) is 0 Å². The van der Waals surface area contributed by atoms with Crippen LogP contribution in [-0.4, -0.2) is 26.5 Å². The molecule has 1 unspecified atom stereocenters. The van der Waals surface area contributed by atoms with Crippen LogP contribution in [0.15, 0.2) is 24.3 Å². The second kappa shape index (κ2) is 4.38. The van der Waals surface area contributed by atoms with Gasteiger partial charge in [-0.25, -0.2) is 12.8 Å². The summed E-state index contributed by atoms with van der Waals surface area (Å²) in [7, 11) is -3.07. The Morgan fingerprint density at radius 3 is 2.76 bits per heavy atom. The van der Waals surface area contributed by atoms with Gasteiger partial charge in [0.05, 0.1) is 11.5 Å². The summed E-state index contributed by atoms with van der Waals surface area (Å²) >= 11 is 0. The number of nitrogens with two attached hydrogens (primary N) is 1. The molecule has 17 heavy (non-hydrogen) atoms. The van der Waals surface area contributed by atoms with Gasteiger partial charge in [-0.3, -0.25) is 0 Å². The minimum Gasteiger partial charge on any atom is -0.330 e. The SMILES string of the molecule is NCC1(c2cccc(F)c2)CCCS(=O)(=O)C1. The third kappa shape index (κ3) is 2.50. The molecule has 0 bridgehead atoms. The Balaban J connectivity index is 2.44. The van der Waals surface area contributed by atoms with Gasteiger partial charge in [-0.15, -0.1) is 0 Å². The molecular weight excluding hydrogens is 241 g/mol. The Kier molecular flexibility index (Phi) is 3.23. The summed E-state index contributed by atoms with van der Waals surface area (Å²) in [6.45, 7) is 0.232. The quantitative estimate of drug-likeness (QED) is 0.867. The van der Waals surface area contributed by atoms with E-state index in [0.29, 0.717) is 18.4 Å². The molecule has 94 valence electrons. The van der Waals surface area contributed by atoms with Crippen LogP contribution in [0.25, 0.3) is 0 Å². The van der Waals surface area contributed by atoms with E-state index in [4.69, 9.17) is 5.73 Å². The minimum absolute atomic E-state index is 0.0277. The van der Waals surface area contributed by atoms with Crippen molar-refractivity contribution in [2.24, 2.45) is 5.73 Å². The Morgan fingerprint density at radius 2 is 2.18 bits per heavy atom. The van der Waals surface area contributed by atoms with Crippen molar-refractivity contribution in [2.45, 2.75) is 18.3 Å². The number of hydrogen-bond acceptors (Lipinski definition) is 3. The lowest BCUT2D eigenvalue weighted by Gasteiger charge is -2.36. The summed E-state index contributed by atoms with van der Waals surface area (Å²) < 4.78 is 36.7. The normalized spacial score (nSPS) is 27.9. The molecule has 1 saturated heterocycles. The average molecular weight is 257 g/mol. The van der Waals surface area contributed by atoms with E-state index in [1.54, 1.807) is 12.1 Å². The number of sulfone groups is 1. The fourth-order valence-corrected chi connectivity index (χ4v) is 4.52. The molecule has 0 radical (unpaired) electrons. The number of hydrogen-bond donors (Lipinski definition) is 1. The molecule has 1 aliphatic heterocycles. The number of benzene rings is 1. The Labute approximate surface area is 101 Å². The molecule has 5 heteroatoms. The monoisotopic (exact) mass is 257 g/mol. The summed E-state index contributed by atoms with van der Waals surface area (Å²) in [5, 5.41) is 0. The fraction of sp³-hybridized carbons (Fsp3) is 0.500. The van der Waals surface area contributed by atoms with Crippen molar-refractivity contribution >= 4 is 9.84 Å². The van der Waals surface area contributed by atoms with E-state index >= 15 is 0 Å². The third-order valence-electron chi connectivity index (χ3n) is 3.43. The van der Waals surface area contributed by atoms with Crippen LogP contribution in [0, 0.1) is 5.82 Å². The first-order valence-electron chi connectivity index (χ1n) is 5.64. The van der Waals surface area contributed by atoms with Crippen molar-refractivity contribution in [3.8, 4) is 0 Å². The van der Waals surface area contributed by atoms with E-state index in [1.807, 2.05) is 0 Å². The number of halogens is 1. The van der Waals surface area contributed by atoms with Crippen LogP contribution in [0.2, 0.25) is 0 Å². The first-order chi connectivity index (χ1) is 7.97. The van der Waals surface area contributed by atoms with Crippen LogP contribution < -0.4 is 5.73 Å². The van der Waals surface area contributed by atoms with Crippen LogP contribution in [-0.2, 0) is 15.3 Å². The summed E-state index contributed by atoms with van der Waals surface area (Å²) in [5.74, 6) is -0.109. The van der Waals surface area contributed by atoms with Gasteiger partial charge in [-0.05, 0) is 30.5 Å². The molecule has 0 amide bonds. The highest BCUT2D eigenvalue weighted by molar-refractivity contribution is 7.91. The first kappa shape index (κ1) is 12.5. The second-order valence-corrected chi connectivity index (χ2v) is 6.87. The van der Waals surface area contributed by atoms with Gasteiger partial charge in [0.1, 0.15) is 5.82 Å². The zero-order valence-corrected chi connectivity index (χ0v) is 10.3. The van der Waals surface area contributed by atoms with Crippen molar-refractivity contribution in [3.63, 3.8) is 0 Å². The molecule has 1 heterocycles. The maximum atomic E-state index is 13.2. The fourth-order valence-electron chi connectivity index (χ4n) is 2.52. The molecule has 0 aliphatic carbocycles. The van der Waals surface area contributed by atoms with Crippen LogP contribution in [0.3, 0.4) is 0 Å². The standard InChI is InChI=1S/C12H16FNO2S/c13-11-4-1-3-10(7-11)12(8-14)5-2-6-17(15,16)9-12/h1,3-4,7H,2,5-6,8-9,14H2. The average Bonchev–Trinajstić information content (AvgIpc) is 2.27. The van der Waals surface area contributed by atoms with E-state index in [-0.39, 0.29) is 23.9 Å². The predicted molar refractivity (Wildman–Crippen MR) is 65.0 cm³/mol. The molecule has 1 aromatic rings. The molecule has 2 rings (SSSR count). The molecule has 1 atom stereocenters. The van der Waals surface area contributed by atoms with Crippen molar-refractivity contribution in [3.05, 3.63) is 35.6 Å². The summed E-state index contributed by atoms with van der Waals surface area (Å²) in [4.78, 5) is 0. The predicted octanol–water partition coefficient (Wildman–Crippen LogP) is 1.23. The van der Waals surface area contributed by atoms with Gasteiger partial charge < -0.3 is 5.73 Å². The highest BCUT2D eigenvalue weighted by Crippen LogP contribution is 2.34. The smallest absolute Gasteiger partial charge is 0.151 e. The van der Waals surface area contributed by atoms with Crippen LogP contribution >= 0.6 is 0 Å². The van der Waals surface area contributed by atoms with Crippen molar-refractivity contribution in [1.29, 1.82) is 0 Å². The van der Waals surface area contributed by atoms with E-state index in [1.165, 1.54) is 12.1 Å². The molecule has 1 aromatic carbocycles. The largest absolute Gasteiger partial charge is 0.330 e. The second-order valence-electron chi connectivity index (χ2n) is 4.69. The first-order valence-corrected chi connectivity index (χ1v) is 7.46. The molecule has 2 N–H and O–H groups in total. The maximum Gasteiger partial charge on any atom is 0.151 e. The van der Waals surface area contributed by atoms with Gasteiger partial charge in [0.15, 0.2) is 9.84 Å². The molecule has 0 spiro atoms. The lowest BCUT2D eigenvalue weighted by Crippen LogP contribution is -2.45. The van der Waals surface area contributed by atoms with Gasteiger partial charge in [0.25, 0.3) is 0 Å².